The molecule has 0 radical (unpaired) electrons. The highest BCUT2D eigenvalue weighted by Gasteiger charge is 2.34. The fourth-order valence-electron chi connectivity index (χ4n) is 1.85. The molecule has 108 valence electrons. The number of fused-ring (bicyclic) bond motifs is 1. The van der Waals surface area contributed by atoms with Crippen LogP contribution >= 0.6 is 11.6 Å². The number of hydrogen-bond acceptors (Lipinski definition) is 4. The number of nitrogens with one attached hydrogen (secondary N) is 2. The SMILES string of the molecule is FC(F)(F)c1cc(Cl)ccc1Nc1ncnc2[nH]ncc12. The van der Waals surface area contributed by atoms with Gasteiger partial charge in [0, 0.05) is 5.02 Å². The minimum atomic E-state index is -4.53. The zero-order valence-electron chi connectivity index (χ0n) is 10.2. The van der Waals surface area contributed by atoms with E-state index < -0.39 is 11.7 Å². The quantitative estimate of drug-likeness (QED) is 0.756. The van der Waals surface area contributed by atoms with Gasteiger partial charge >= 0.3 is 6.18 Å². The molecule has 2 aromatic heterocycles. The molecule has 0 saturated carbocycles. The van der Waals surface area contributed by atoms with Crippen LogP contribution in [-0.4, -0.2) is 20.2 Å². The van der Waals surface area contributed by atoms with E-state index in [2.05, 4.69) is 25.5 Å². The molecule has 0 unspecified atom stereocenters. The van der Waals surface area contributed by atoms with E-state index in [-0.39, 0.29) is 16.5 Å². The minimum absolute atomic E-state index is 0.00372. The maximum atomic E-state index is 13.0. The zero-order chi connectivity index (χ0) is 15.0. The molecule has 1 aromatic carbocycles. The van der Waals surface area contributed by atoms with Crippen LogP contribution in [0.1, 0.15) is 5.56 Å². The van der Waals surface area contributed by atoms with E-state index in [1.54, 1.807) is 0 Å². The molecule has 2 N–H and O–H groups in total. The molecule has 0 saturated heterocycles. The molecule has 0 atom stereocenters. The molecule has 5 nitrogen and oxygen atoms in total. The third kappa shape index (κ3) is 2.62. The lowest BCUT2D eigenvalue weighted by atomic mass is 10.1. The Morgan fingerprint density at radius 3 is 2.76 bits per heavy atom. The lowest BCUT2D eigenvalue weighted by Gasteiger charge is -2.14. The first-order valence-electron chi connectivity index (χ1n) is 5.73. The molecule has 0 aliphatic heterocycles. The smallest absolute Gasteiger partial charge is 0.339 e. The van der Waals surface area contributed by atoms with Crippen LogP contribution in [0.25, 0.3) is 11.0 Å². The van der Waals surface area contributed by atoms with E-state index in [4.69, 9.17) is 11.6 Å². The second-order valence-corrected chi connectivity index (χ2v) is 4.60. The molecule has 3 rings (SSSR count). The van der Waals surface area contributed by atoms with Crippen molar-refractivity contribution >= 4 is 34.1 Å². The number of hydrogen-bond donors (Lipinski definition) is 2. The lowest BCUT2D eigenvalue weighted by Crippen LogP contribution is -2.09. The Labute approximate surface area is 121 Å². The minimum Gasteiger partial charge on any atom is -0.339 e. The number of nitrogens with zero attached hydrogens (tertiary/aromatic N) is 3. The number of aromatic amines is 1. The van der Waals surface area contributed by atoms with Crippen molar-refractivity contribution in [2.45, 2.75) is 6.18 Å². The van der Waals surface area contributed by atoms with Crippen LogP contribution in [0.4, 0.5) is 24.7 Å². The van der Waals surface area contributed by atoms with Gasteiger partial charge in [-0.25, -0.2) is 9.97 Å². The van der Waals surface area contributed by atoms with Crippen molar-refractivity contribution in [1.29, 1.82) is 0 Å². The summed E-state index contributed by atoms with van der Waals surface area (Å²) in [7, 11) is 0. The molecule has 0 amide bonds. The number of benzene rings is 1. The molecule has 0 aliphatic carbocycles. The lowest BCUT2D eigenvalue weighted by molar-refractivity contribution is -0.136. The highest BCUT2D eigenvalue weighted by Crippen LogP contribution is 2.37. The number of anilines is 2. The van der Waals surface area contributed by atoms with Gasteiger partial charge < -0.3 is 5.32 Å². The monoisotopic (exact) mass is 313 g/mol. The Hall–Kier alpha value is -2.35. The number of H-pyrrole nitrogens is 1. The highest BCUT2D eigenvalue weighted by molar-refractivity contribution is 6.30. The first-order chi connectivity index (χ1) is 9.95. The zero-order valence-corrected chi connectivity index (χ0v) is 11.0. The normalized spacial score (nSPS) is 11.8. The molecular weight excluding hydrogens is 307 g/mol. The molecule has 0 bridgehead atoms. The first kappa shape index (κ1) is 13.6. The van der Waals surface area contributed by atoms with E-state index in [0.717, 1.165) is 6.07 Å². The summed E-state index contributed by atoms with van der Waals surface area (Å²) >= 11 is 5.64. The van der Waals surface area contributed by atoms with Gasteiger partial charge in [-0.3, -0.25) is 5.10 Å². The third-order valence-corrected chi connectivity index (χ3v) is 3.02. The van der Waals surface area contributed by atoms with Crippen LogP contribution in [0.2, 0.25) is 5.02 Å². The van der Waals surface area contributed by atoms with Gasteiger partial charge in [-0.05, 0) is 18.2 Å². The average molecular weight is 314 g/mol. The maximum absolute atomic E-state index is 13.0. The topological polar surface area (TPSA) is 66.5 Å². The summed E-state index contributed by atoms with van der Waals surface area (Å²) in [4.78, 5) is 7.85. The maximum Gasteiger partial charge on any atom is 0.418 e. The van der Waals surface area contributed by atoms with Crippen molar-refractivity contribution in [3.05, 3.63) is 41.3 Å². The molecule has 2 heterocycles. The summed E-state index contributed by atoms with van der Waals surface area (Å²) in [6, 6.07) is 3.48. The van der Waals surface area contributed by atoms with Crippen LogP contribution in [0.15, 0.2) is 30.7 Å². The largest absolute Gasteiger partial charge is 0.418 e. The van der Waals surface area contributed by atoms with Crippen molar-refractivity contribution in [3.8, 4) is 0 Å². The van der Waals surface area contributed by atoms with Crippen molar-refractivity contribution in [3.63, 3.8) is 0 Å². The van der Waals surface area contributed by atoms with Crippen LogP contribution in [-0.2, 0) is 6.18 Å². The van der Waals surface area contributed by atoms with E-state index in [9.17, 15) is 13.2 Å². The van der Waals surface area contributed by atoms with Gasteiger partial charge in [-0.15, -0.1) is 0 Å². The Morgan fingerprint density at radius 2 is 2.00 bits per heavy atom. The molecule has 9 heteroatoms. The van der Waals surface area contributed by atoms with E-state index in [0.29, 0.717) is 11.0 Å². The second kappa shape index (κ2) is 4.88. The summed E-state index contributed by atoms with van der Waals surface area (Å²) in [6.07, 6.45) is -1.87. The molecule has 3 aromatic rings. The summed E-state index contributed by atoms with van der Waals surface area (Å²) < 4.78 is 39.1. The standard InChI is InChI=1S/C12H7ClF3N5/c13-6-1-2-9(8(3-6)12(14,15)16)20-10-7-4-19-21-11(7)18-5-17-10/h1-5H,(H2,17,18,19,20,21). The highest BCUT2D eigenvalue weighted by atomic mass is 35.5. The van der Waals surface area contributed by atoms with Crippen LogP contribution in [0, 0.1) is 0 Å². The predicted octanol–water partition coefficient (Wildman–Crippen LogP) is 3.77. The van der Waals surface area contributed by atoms with Crippen molar-refractivity contribution in [2.24, 2.45) is 0 Å². The summed E-state index contributed by atoms with van der Waals surface area (Å²) in [5.41, 5.74) is -0.589. The van der Waals surface area contributed by atoms with Crippen LogP contribution in [0.3, 0.4) is 0 Å². The Bertz CT molecular complexity index is 799. The molecule has 0 spiro atoms. The van der Waals surface area contributed by atoms with Crippen molar-refractivity contribution in [1.82, 2.24) is 20.2 Å². The van der Waals surface area contributed by atoms with Gasteiger partial charge in [-0.2, -0.15) is 18.3 Å². The Morgan fingerprint density at radius 1 is 1.19 bits per heavy atom. The summed E-state index contributed by atoms with van der Waals surface area (Å²) in [5, 5.41) is 9.53. The van der Waals surface area contributed by atoms with Gasteiger partial charge in [0.05, 0.1) is 22.8 Å². The van der Waals surface area contributed by atoms with Gasteiger partial charge in [0.25, 0.3) is 0 Å². The molecule has 0 fully saturated rings. The van der Waals surface area contributed by atoms with Crippen LogP contribution in [0.5, 0.6) is 0 Å². The molecule has 0 aliphatic rings. The average Bonchev–Trinajstić information content (AvgIpc) is 2.89. The number of aromatic nitrogens is 4. The fourth-order valence-corrected chi connectivity index (χ4v) is 2.02. The van der Waals surface area contributed by atoms with Crippen molar-refractivity contribution < 1.29 is 13.2 Å². The first-order valence-corrected chi connectivity index (χ1v) is 6.11. The number of halogens is 4. The summed E-state index contributed by atoms with van der Waals surface area (Å²) in [5.74, 6) is 0.224. The Kier molecular flexibility index (Phi) is 3.17. The van der Waals surface area contributed by atoms with Crippen molar-refractivity contribution in [2.75, 3.05) is 5.32 Å². The van der Waals surface area contributed by atoms with Crippen LogP contribution < -0.4 is 5.32 Å². The predicted molar refractivity (Wildman–Crippen MR) is 71.4 cm³/mol. The van der Waals surface area contributed by atoms with Gasteiger partial charge in [0.2, 0.25) is 0 Å². The van der Waals surface area contributed by atoms with E-state index in [1.165, 1.54) is 24.7 Å². The third-order valence-electron chi connectivity index (χ3n) is 2.79. The van der Waals surface area contributed by atoms with E-state index in [1.807, 2.05) is 0 Å². The van der Waals surface area contributed by atoms with Gasteiger partial charge in [-0.1, -0.05) is 11.6 Å². The molecular formula is C12H7ClF3N5. The van der Waals surface area contributed by atoms with Gasteiger partial charge in [0.15, 0.2) is 5.65 Å². The van der Waals surface area contributed by atoms with Gasteiger partial charge in [0.1, 0.15) is 12.1 Å². The van der Waals surface area contributed by atoms with E-state index >= 15 is 0 Å². The fraction of sp³-hybridized carbons (Fsp3) is 0.0833. The molecule has 21 heavy (non-hydrogen) atoms. The number of rotatable bonds is 2. The Balaban J connectivity index is 2.08. The summed E-state index contributed by atoms with van der Waals surface area (Å²) in [6.45, 7) is 0. The second-order valence-electron chi connectivity index (χ2n) is 4.17. The number of alkyl halides is 3.